The van der Waals surface area contributed by atoms with Crippen LogP contribution in [0.4, 0.5) is 5.69 Å². The van der Waals surface area contributed by atoms with Crippen molar-refractivity contribution < 1.29 is 4.74 Å². The molecule has 0 atom stereocenters. The number of halogens is 2. The van der Waals surface area contributed by atoms with Gasteiger partial charge in [-0.1, -0.05) is 0 Å². The van der Waals surface area contributed by atoms with Crippen LogP contribution >= 0.6 is 31.9 Å². The van der Waals surface area contributed by atoms with Crippen LogP contribution in [-0.2, 0) is 0 Å². The number of ether oxygens (including phenoxy) is 1. The Bertz CT molecular complexity index is 321. The second-order valence-corrected chi connectivity index (χ2v) is 5.74. The molecular weight excluding hydrogens is 310 g/mol. The highest BCUT2D eigenvalue weighted by Crippen LogP contribution is 2.37. The smallest absolute Gasteiger partial charge is 0.148 e. The molecule has 0 unspecified atom stereocenters. The summed E-state index contributed by atoms with van der Waals surface area (Å²) < 4.78 is 7.49. The number of rotatable bonds is 1. The highest BCUT2D eigenvalue weighted by molar-refractivity contribution is 9.11. The van der Waals surface area contributed by atoms with Crippen LogP contribution in [0.15, 0.2) is 21.1 Å². The Labute approximate surface area is 101 Å². The minimum atomic E-state index is -0.221. The van der Waals surface area contributed by atoms with Gasteiger partial charge in [-0.2, -0.15) is 0 Å². The Kier molecular flexibility index (Phi) is 3.48. The molecule has 0 spiro atoms. The summed E-state index contributed by atoms with van der Waals surface area (Å²) in [6, 6.07) is 3.65. The van der Waals surface area contributed by atoms with Gasteiger partial charge in [0, 0.05) is 5.69 Å². The third-order valence-electron chi connectivity index (χ3n) is 1.43. The standard InChI is InChI=1S/C10H13Br2NO/c1-10(2,3)14-9-7(11)4-6(13)5-8(9)12/h4-5H,13H2,1-3H3. The molecule has 0 radical (unpaired) electrons. The number of nitrogen functional groups attached to an aromatic ring is 1. The van der Waals surface area contributed by atoms with Crippen LogP contribution < -0.4 is 10.5 Å². The van der Waals surface area contributed by atoms with Gasteiger partial charge in [0.1, 0.15) is 11.4 Å². The predicted octanol–water partition coefficient (Wildman–Crippen LogP) is 3.97. The van der Waals surface area contributed by atoms with Gasteiger partial charge in [0.15, 0.2) is 0 Å². The molecule has 1 aromatic rings. The summed E-state index contributed by atoms with van der Waals surface area (Å²) in [5.74, 6) is 0.784. The van der Waals surface area contributed by atoms with Gasteiger partial charge < -0.3 is 10.5 Å². The Balaban J connectivity index is 3.09. The SMILES string of the molecule is CC(C)(C)Oc1c(Br)cc(N)cc1Br. The van der Waals surface area contributed by atoms with Crippen LogP contribution in [0.1, 0.15) is 20.8 Å². The van der Waals surface area contributed by atoms with Crippen LogP contribution in [-0.4, -0.2) is 5.60 Å². The zero-order valence-electron chi connectivity index (χ0n) is 8.40. The van der Waals surface area contributed by atoms with Gasteiger partial charge in [0.25, 0.3) is 0 Å². The first-order valence-electron chi connectivity index (χ1n) is 4.23. The second-order valence-electron chi connectivity index (χ2n) is 4.03. The molecule has 2 nitrogen and oxygen atoms in total. The van der Waals surface area contributed by atoms with E-state index < -0.39 is 0 Å². The van der Waals surface area contributed by atoms with Gasteiger partial charge in [0.2, 0.25) is 0 Å². The largest absolute Gasteiger partial charge is 0.486 e. The molecule has 0 aliphatic rings. The maximum Gasteiger partial charge on any atom is 0.148 e. The van der Waals surface area contributed by atoms with Gasteiger partial charge in [-0.25, -0.2) is 0 Å². The van der Waals surface area contributed by atoms with Crippen LogP contribution in [0.5, 0.6) is 5.75 Å². The third-order valence-corrected chi connectivity index (χ3v) is 2.61. The monoisotopic (exact) mass is 321 g/mol. The molecule has 0 amide bonds. The van der Waals surface area contributed by atoms with Crippen molar-refractivity contribution in [3.8, 4) is 5.75 Å². The lowest BCUT2D eigenvalue weighted by molar-refractivity contribution is 0.128. The quantitative estimate of drug-likeness (QED) is 0.794. The lowest BCUT2D eigenvalue weighted by Crippen LogP contribution is -2.23. The molecule has 0 fully saturated rings. The summed E-state index contributed by atoms with van der Waals surface area (Å²) in [6.07, 6.45) is 0. The number of nitrogens with two attached hydrogens (primary N) is 1. The van der Waals surface area contributed by atoms with E-state index in [1.165, 1.54) is 0 Å². The molecule has 0 saturated carbocycles. The van der Waals surface area contributed by atoms with Crippen LogP contribution in [0.3, 0.4) is 0 Å². The molecule has 78 valence electrons. The van der Waals surface area contributed by atoms with E-state index in [1.807, 2.05) is 32.9 Å². The van der Waals surface area contributed by atoms with Crippen molar-refractivity contribution in [2.24, 2.45) is 0 Å². The van der Waals surface area contributed by atoms with Crippen molar-refractivity contribution in [2.75, 3.05) is 5.73 Å². The average Bonchev–Trinajstić information content (AvgIpc) is 1.95. The molecule has 0 saturated heterocycles. The molecule has 0 aliphatic heterocycles. The van der Waals surface area contributed by atoms with Crippen molar-refractivity contribution in [3.05, 3.63) is 21.1 Å². The second kappa shape index (κ2) is 4.11. The van der Waals surface area contributed by atoms with E-state index in [0.717, 1.165) is 14.7 Å². The zero-order chi connectivity index (χ0) is 10.9. The van der Waals surface area contributed by atoms with Gasteiger partial charge in [-0.05, 0) is 64.8 Å². The summed E-state index contributed by atoms with van der Waals surface area (Å²) >= 11 is 6.83. The first-order valence-corrected chi connectivity index (χ1v) is 5.82. The minimum Gasteiger partial charge on any atom is -0.486 e. The van der Waals surface area contributed by atoms with E-state index in [9.17, 15) is 0 Å². The van der Waals surface area contributed by atoms with E-state index in [2.05, 4.69) is 31.9 Å². The Morgan fingerprint density at radius 3 is 1.93 bits per heavy atom. The number of hydrogen-bond donors (Lipinski definition) is 1. The number of benzene rings is 1. The van der Waals surface area contributed by atoms with E-state index in [4.69, 9.17) is 10.5 Å². The summed E-state index contributed by atoms with van der Waals surface area (Å²) in [6.45, 7) is 6.01. The van der Waals surface area contributed by atoms with Crippen molar-refractivity contribution in [1.29, 1.82) is 0 Å². The van der Waals surface area contributed by atoms with E-state index in [1.54, 1.807) is 0 Å². The van der Waals surface area contributed by atoms with Crippen molar-refractivity contribution in [1.82, 2.24) is 0 Å². The first-order chi connectivity index (χ1) is 6.29. The summed E-state index contributed by atoms with van der Waals surface area (Å²) in [7, 11) is 0. The topological polar surface area (TPSA) is 35.2 Å². The molecule has 2 N–H and O–H groups in total. The molecule has 0 aliphatic carbocycles. The molecule has 0 heterocycles. The minimum absolute atomic E-state index is 0.221. The highest BCUT2D eigenvalue weighted by Gasteiger charge is 2.16. The predicted molar refractivity (Wildman–Crippen MR) is 66.6 cm³/mol. The Hall–Kier alpha value is -0.220. The maximum absolute atomic E-state index is 5.77. The van der Waals surface area contributed by atoms with Gasteiger partial charge in [-0.15, -0.1) is 0 Å². The molecular formula is C10H13Br2NO. The van der Waals surface area contributed by atoms with E-state index >= 15 is 0 Å². The number of anilines is 1. The third kappa shape index (κ3) is 3.17. The zero-order valence-corrected chi connectivity index (χ0v) is 11.6. The van der Waals surface area contributed by atoms with Crippen LogP contribution in [0.25, 0.3) is 0 Å². The summed E-state index contributed by atoms with van der Waals surface area (Å²) in [5, 5.41) is 0. The van der Waals surface area contributed by atoms with Crippen molar-refractivity contribution >= 4 is 37.5 Å². The van der Waals surface area contributed by atoms with E-state index in [0.29, 0.717) is 5.69 Å². The maximum atomic E-state index is 5.77. The fourth-order valence-corrected chi connectivity index (χ4v) is 2.37. The molecule has 14 heavy (non-hydrogen) atoms. The molecule has 4 heteroatoms. The lowest BCUT2D eigenvalue weighted by atomic mass is 10.2. The van der Waals surface area contributed by atoms with Gasteiger partial charge >= 0.3 is 0 Å². The Morgan fingerprint density at radius 1 is 1.14 bits per heavy atom. The summed E-state index contributed by atoms with van der Waals surface area (Å²) in [5.41, 5.74) is 6.15. The molecule has 0 bridgehead atoms. The van der Waals surface area contributed by atoms with Crippen LogP contribution in [0, 0.1) is 0 Å². The van der Waals surface area contributed by atoms with E-state index in [-0.39, 0.29) is 5.60 Å². The first kappa shape index (κ1) is 11.9. The normalized spacial score (nSPS) is 11.5. The highest BCUT2D eigenvalue weighted by atomic mass is 79.9. The van der Waals surface area contributed by atoms with Crippen molar-refractivity contribution in [3.63, 3.8) is 0 Å². The fraction of sp³-hybridized carbons (Fsp3) is 0.400. The molecule has 1 aromatic carbocycles. The van der Waals surface area contributed by atoms with Gasteiger partial charge in [-0.3, -0.25) is 0 Å². The lowest BCUT2D eigenvalue weighted by Gasteiger charge is -2.23. The molecule has 1 rings (SSSR count). The average molecular weight is 323 g/mol. The number of hydrogen-bond acceptors (Lipinski definition) is 2. The molecule has 0 aromatic heterocycles. The van der Waals surface area contributed by atoms with Gasteiger partial charge in [0.05, 0.1) is 8.95 Å². The summed E-state index contributed by atoms with van der Waals surface area (Å²) in [4.78, 5) is 0. The van der Waals surface area contributed by atoms with Crippen molar-refractivity contribution in [2.45, 2.75) is 26.4 Å². The Morgan fingerprint density at radius 2 is 1.57 bits per heavy atom. The van der Waals surface area contributed by atoms with Crippen LogP contribution in [0.2, 0.25) is 0 Å². The fourth-order valence-electron chi connectivity index (χ4n) is 0.983.